The first-order valence-corrected chi connectivity index (χ1v) is 11.4. The summed E-state index contributed by atoms with van der Waals surface area (Å²) in [5.41, 5.74) is 2.20. The number of carbonyl (C=O) groups is 2. The number of anilines is 1. The van der Waals surface area contributed by atoms with Gasteiger partial charge in [0, 0.05) is 16.1 Å². The maximum Gasteiger partial charge on any atom is 0.338 e. The molecule has 1 aromatic heterocycles. The van der Waals surface area contributed by atoms with Gasteiger partial charge in [0.15, 0.2) is 6.61 Å². The third-order valence-corrected chi connectivity index (χ3v) is 5.67. The van der Waals surface area contributed by atoms with E-state index in [0.29, 0.717) is 39.0 Å². The number of furan rings is 1. The Morgan fingerprint density at radius 3 is 2.00 bits per heavy atom. The van der Waals surface area contributed by atoms with Gasteiger partial charge in [-0.3, -0.25) is 10.1 Å². The quantitative estimate of drug-likeness (QED) is 0.288. The zero-order chi connectivity index (χ0) is 26.4. The molecule has 9 heteroatoms. The molecule has 0 aliphatic heterocycles. The Labute approximate surface area is 217 Å². The molecule has 4 rings (SSSR count). The Kier molecular flexibility index (Phi) is 7.77. The van der Waals surface area contributed by atoms with Crippen LogP contribution in [0.5, 0.6) is 11.5 Å². The lowest BCUT2D eigenvalue weighted by atomic mass is 9.98. The second kappa shape index (κ2) is 11.3. The van der Waals surface area contributed by atoms with Crippen LogP contribution in [-0.4, -0.2) is 32.7 Å². The van der Waals surface area contributed by atoms with Gasteiger partial charge < -0.3 is 18.6 Å². The van der Waals surface area contributed by atoms with Gasteiger partial charge in [0.2, 0.25) is 5.88 Å². The summed E-state index contributed by atoms with van der Waals surface area (Å²) in [6.07, 6.45) is 0. The van der Waals surface area contributed by atoms with Crippen molar-refractivity contribution in [1.82, 2.24) is 0 Å². The molecule has 0 bridgehead atoms. The first kappa shape index (κ1) is 25.4. The summed E-state index contributed by atoms with van der Waals surface area (Å²) in [5, 5.41) is 13.0. The zero-order valence-corrected chi connectivity index (χ0v) is 20.7. The molecular formula is C28H21ClN2O6. The number of benzene rings is 3. The number of hydrogen-bond acceptors (Lipinski definition) is 7. The summed E-state index contributed by atoms with van der Waals surface area (Å²) in [7, 11) is 3.12. The SMILES string of the molecule is COc1ccc(-c2oc(NC(=O)COC(=O)c3ccc(Cl)cc3)c(C#N)c2-c2ccc(OC)cc2)cc1. The van der Waals surface area contributed by atoms with Gasteiger partial charge in [-0.05, 0) is 66.2 Å². The molecule has 1 amide bonds. The van der Waals surface area contributed by atoms with Crippen LogP contribution in [-0.2, 0) is 9.53 Å². The predicted octanol–water partition coefficient (Wildman–Crippen LogP) is 5.95. The fourth-order valence-electron chi connectivity index (χ4n) is 3.57. The average Bonchev–Trinajstić information content (AvgIpc) is 3.30. The van der Waals surface area contributed by atoms with Crippen molar-refractivity contribution in [1.29, 1.82) is 5.26 Å². The molecule has 1 heterocycles. The summed E-state index contributed by atoms with van der Waals surface area (Å²) < 4.78 is 21.6. The normalized spacial score (nSPS) is 10.3. The van der Waals surface area contributed by atoms with Crippen LogP contribution in [0.3, 0.4) is 0 Å². The van der Waals surface area contributed by atoms with Crippen molar-refractivity contribution < 1.29 is 28.2 Å². The van der Waals surface area contributed by atoms with Gasteiger partial charge in [-0.2, -0.15) is 5.26 Å². The van der Waals surface area contributed by atoms with E-state index < -0.39 is 18.5 Å². The van der Waals surface area contributed by atoms with Crippen LogP contribution in [0.1, 0.15) is 15.9 Å². The maximum absolute atomic E-state index is 12.6. The molecule has 0 saturated carbocycles. The fourth-order valence-corrected chi connectivity index (χ4v) is 3.69. The highest BCUT2D eigenvalue weighted by atomic mass is 35.5. The van der Waals surface area contributed by atoms with E-state index >= 15 is 0 Å². The number of nitrogens with zero attached hydrogens (tertiary/aromatic N) is 1. The second-order valence-electron chi connectivity index (χ2n) is 7.71. The number of amides is 1. The van der Waals surface area contributed by atoms with Gasteiger partial charge in [-0.25, -0.2) is 4.79 Å². The van der Waals surface area contributed by atoms with E-state index in [1.807, 2.05) is 0 Å². The molecular weight excluding hydrogens is 496 g/mol. The Balaban J connectivity index is 1.63. The topological polar surface area (TPSA) is 111 Å². The lowest BCUT2D eigenvalue weighted by Gasteiger charge is -2.06. The summed E-state index contributed by atoms with van der Waals surface area (Å²) in [6.45, 7) is -0.581. The van der Waals surface area contributed by atoms with Gasteiger partial charge in [0.05, 0.1) is 19.8 Å². The van der Waals surface area contributed by atoms with Crippen LogP contribution in [0.2, 0.25) is 5.02 Å². The summed E-state index contributed by atoms with van der Waals surface area (Å²) in [5.74, 6) is 0.245. The van der Waals surface area contributed by atoms with Gasteiger partial charge in [0.25, 0.3) is 5.91 Å². The van der Waals surface area contributed by atoms with Crippen LogP contribution in [0.25, 0.3) is 22.5 Å². The molecule has 0 aliphatic carbocycles. The molecule has 4 aromatic rings. The number of ether oxygens (including phenoxy) is 3. The van der Waals surface area contributed by atoms with E-state index in [1.54, 1.807) is 74.9 Å². The van der Waals surface area contributed by atoms with Gasteiger partial charge in [-0.15, -0.1) is 0 Å². The van der Waals surface area contributed by atoms with E-state index in [9.17, 15) is 14.9 Å². The molecule has 8 nitrogen and oxygen atoms in total. The van der Waals surface area contributed by atoms with Crippen molar-refractivity contribution in [2.75, 3.05) is 26.1 Å². The minimum absolute atomic E-state index is 0.0633. The van der Waals surface area contributed by atoms with Crippen molar-refractivity contribution in [3.05, 3.63) is 88.9 Å². The third-order valence-electron chi connectivity index (χ3n) is 5.42. The van der Waals surface area contributed by atoms with Crippen molar-refractivity contribution in [2.24, 2.45) is 0 Å². The highest BCUT2D eigenvalue weighted by Gasteiger charge is 2.25. The number of hydrogen-bond donors (Lipinski definition) is 1. The van der Waals surface area contributed by atoms with Gasteiger partial charge >= 0.3 is 5.97 Å². The van der Waals surface area contributed by atoms with Gasteiger partial charge in [0.1, 0.15) is 28.9 Å². The number of methoxy groups -OCH3 is 2. The molecule has 186 valence electrons. The molecule has 3 aromatic carbocycles. The van der Waals surface area contributed by atoms with E-state index in [2.05, 4.69) is 11.4 Å². The largest absolute Gasteiger partial charge is 0.497 e. The summed E-state index contributed by atoms with van der Waals surface area (Å²) >= 11 is 5.83. The Morgan fingerprint density at radius 1 is 0.892 bits per heavy atom. The Hall–Kier alpha value is -4.74. The lowest BCUT2D eigenvalue weighted by molar-refractivity contribution is -0.119. The molecule has 0 radical (unpaired) electrons. The zero-order valence-electron chi connectivity index (χ0n) is 19.9. The molecule has 37 heavy (non-hydrogen) atoms. The van der Waals surface area contributed by atoms with Crippen LogP contribution < -0.4 is 14.8 Å². The van der Waals surface area contributed by atoms with E-state index in [4.69, 9.17) is 30.2 Å². The average molecular weight is 517 g/mol. The number of nitriles is 1. The van der Waals surface area contributed by atoms with Crippen molar-refractivity contribution >= 4 is 29.4 Å². The molecule has 0 aliphatic rings. The number of rotatable bonds is 8. The lowest BCUT2D eigenvalue weighted by Crippen LogP contribution is -2.21. The monoisotopic (exact) mass is 516 g/mol. The van der Waals surface area contributed by atoms with Gasteiger partial charge in [-0.1, -0.05) is 23.7 Å². The van der Waals surface area contributed by atoms with E-state index in [1.165, 1.54) is 12.1 Å². The highest BCUT2D eigenvalue weighted by molar-refractivity contribution is 6.30. The summed E-state index contributed by atoms with van der Waals surface area (Å²) in [4.78, 5) is 24.8. The maximum atomic E-state index is 12.6. The minimum atomic E-state index is -0.690. The van der Waals surface area contributed by atoms with Crippen molar-refractivity contribution in [3.8, 4) is 40.0 Å². The molecule has 0 spiro atoms. The smallest absolute Gasteiger partial charge is 0.338 e. The summed E-state index contributed by atoms with van der Waals surface area (Å²) in [6, 6.07) is 22.4. The molecule has 1 N–H and O–H groups in total. The number of nitrogens with one attached hydrogen (secondary N) is 1. The molecule has 0 atom stereocenters. The molecule has 0 unspecified atom stereocenters. The van der Waals surface area contributed by atoms with Crippen LogP contribution in [0.15, 0.2) is 77.2 Å². The third kappa shape index (κ3) is 5.74. The number of carbonyl (C=O) groups excluding carboxylic acids is 2. The highest BCUT2D eigenvalue weighted by Crippen LogP contribution is 2.42. The fraction of sp³-hybridized carbons (Fsp3) is 0.107. The Bertz CT molecular complexity index is 1450. The first-order chi connectivity index (χ1) is 17.9. The predicted molar refractivity (Wildman–Crippen MR) is 138 cm³/mol. The van der Waals surface area contributed by atoms with Crippen molar-refractivity contribution in [2.45, 2.75) is 0 Å². The van der Waals surface area contributed by atoms with Crippen LogP contribution >= 0.6 is 11.6 Å². The van der Waals surface area contributed by atoms with E-state index in [0.717, 1.165) is 0 Å². The second-order valence-corrected chi connectivity index (χ2v) is 8.15. The number of halogens is 1. The first-order valence-electron chi connectivity index (χ1n) is 11.0. The molecule has 0 fully saturated rings. The molecule has 0 saturated heterocycles. The van der Waals surface area contributed by atoms with Crippen LogP contribution in [0.4, 0.5) is 5.88 Å². The van der Waals surface area contributed by atoms with Crippen LogP contribution in [0, 0.1) is 11.3 Å². The Morgan fingerprint density at radius 2 is 1.46 bits per heavy atom. The minimum Gasteiger partial charge on any atom is -0.497 e. The standard InChI is InChI=1S/C28H21ClN2O6/c1-34-21-11-5-17(6-12-21)25-23(15-30)27(37-26(25)18-7-13-22(35-2)14-8-18)31-24(32)16-36-28(33)19-3-9-20(29)10-4-19/h3-14H,16H2,1-2H3,(H,31,32). The number of esters is 1. The van der Waals surface area contributed by atoms with Crippen molar-refractivity contribution in [3.63, 3.8) is 0 Å². The van der Waals surface area contributed by atoms with E-state index in [-0.39, 0.29) is 17.0 Å².